The van der Waals surface area contributed by atoms with E-state index in [2.05, 4.69) is 31.0 Å². The zero-order valence-corrected chi connectivity index (χ0v) is 25.7. The Hall–Kier alpha value is -2.48. The summed E-state index contributed by atoms with van der Waals surface area (Å²) in [5, 5.41) is 2.61. The number of piperidine rings is 2. The number of nitrogens with one attached hydrogen (secondary N) is 1. The quantitative estimate of drug-likeness (QED) is 0.318. The Morgan fingerprint density at radius 2 is 1.71 bits per heavy atom. The number of hydrogen-bond donors (Lipinski definition) is 1. The number of ether oxygens (including phenoxy) is 1. The van der Waals surface area contributed by atoms with E-state index in [0.717, 1.165) is 43.2 Å². The van der Waals surface area contributed by atoms with Crippen molar-refractivity contribution < 1.29 is 23.5 Å². The second-order valence-electron chi connectivity index (χ2n) is 12.5. The number of hydrogen-bond acceptors (Lipinski definition) is 5. The Morgan fingerprint density at radius 3 is 2.24 bits per heavy atom. The molecule has 1 aliphatic carbocycles. The monoisotopic (exact) mass is 573 g/mol. The van der Waals surface area contributed by atoms with Gasteiger partial charge in [-0.1, -0.05) is 38.3 Å². The van der Waals surface area contributed by atoms with Crippen molar-refractivity contribution >= 4 is 18.3 Å². The molecule has 4 rings (SSSR count). The normalized spacial score (nSPS) is 22.3. The molecule has 0 aromatic heterocycles. The maximum Gasteiger partial charge on any atom is 0.312 e. The van der Waals surface area contributed by atoms with Crippen LogP contribution in [0.2, 0.25) is 0 Å². The number of carbonyl (C=O) groups is 3. The molecule has 41 heavy (non-hydrogen) atoms. The van der Waals surface area contributed by atoms with Gasteiger partial charge in [-0.2, -0.15) is 0 Å². The van der Waals surface area contributed by atoms with Gasteiger partial charge in [0, 0.05) is 32.1 Å². The first-order valence-corrected chi connectivity index (χ1v) is 15.8. The minimum Gasteiger partial charge on any atom is -0.466 e. The van der Waals surface area contributed by atoms with Gasteiger partial charge in [-0.25, -0.2) is 4.39 Å². The molecule has 8 heteroatoms. The lowest BCUT2D eigenvalue weighted by atomic mass is 9.63. The van der Waals surface area contributed by atoms with Crippen LogP contribution in [0.3, 0.4) is 0 Å². The van der Waals surface area contributed by atoms with Crippen LogP contribution in [0, 0.1) is 23.1 Å². The van der Waals surface area contributed by atoms with E-state index in [9.17, 15) is 18.8 Å². The van der Waals surface area contributed by atoms with Crippen molar-refractivity contribution in [1.29, 1.82) is 0 Å². The van der Waals surface area contributed by atoms with E-state index in [0.29, 0.717) is 51.3 Å². The summed E-state index contributed by atoms with van der Waals surface area (Å²) in [4.78, 5) is 41.6. The molecule has 1 saturated carbocycles. The SMILES string of the molecule is CC(C)N1CCC[C@H](C)C1.CCOC(=O)C1(C2CCCCC2)CCN(C(=O)[C@@H](Cc2ccc(F)cc2)NC=O)CC1. The summed E-state index contributed by atoms with van der Waals surface area (Å²) in [5.74, 6) is 0.598. The summed E-state index contributed by atoms with van der Waals surface area (Å²) in [5.41, 5.74) is 0.256. The topological polar surface area (TPSA) is 79.0 Å². The van der Waals surface area contributed by atoms with Crippen molar-refractivity contribution in [2.24, 2.45) is 17.3 Å². The molecule has 0 bridgehead atoms. The minimum absolute atomic E-state index is 0.122. The van der Waals surface area contributed by atoms with Gasteiger partial charge in [-0.05, 0) is 95.4 Å². The molecule has 0 radical (unpaired) electrons. The summed E-state index contributed by atoms with van der Waals surface area (Å²) >= 11 is 0. The van der Waals surface area contributed by atoms with E-state index in [1.807, 2.05) is 6.92 Å². The van der Waals surface area contributed by atoms with Crippen LogP contribution in [0.5, 0.6) is 0 Å². The lowest BCUT2D eigenvalue weighted by Gasteiger charge is -2.46. The van der Waals surface area contributed by atoms with Gasteiger partial charge in [-0.15, -0.1) is 0 Å². The van der Waals surface area contributed by atoms with E-state index >= 15 is 0 Å². The number of carbonyl (C=O) groups excluding carboxylic acids is 3. The van der Waals surface area contributed by atoms with E-state index in [-0.39, 0.29) is 17.7 Å². The third kappa shape index (κ3) is 9.25. The number of amides is 2. The fraction of sp³-hybridized carbons (Fsp3) is 0.727. The van der Waals surface area contributed by atoms with Crippen molar-refractivity contribution in [2.45, 2.75) is 104 Å². The van der Waals surface area contributed by atoms with Crippen LogP contribution in [0.1, 0.15) is 91.0 Å². The second kappa shape index (κ2) is 16.2. The van der Waals surface area contributed by atoms with Gasteiger partial charge in [0.2, 0.25) is 12.3 Å². The lowest BCUT2D eigenvalue weighted by molar-refractivity contribution is -0.166. The number of rotatable bonds is 9. The molecule has 7 nitrogen and oxygen atoms in total. The van der Waals surface area contributed by atoms with Crippen molar-refractivity contribution in [1.82, 2.24) is 15.1 Å². The fourth-order valence-corrected chi connectivity index (χ4v) is 6.91. The maximum absolute atomic E-state index is 13.2. The second-order valence-corrected chi connectivity index (χ2v) is 12.5. The number of likely N-dealkylation sites (tertiary alicyclic amines) is 2. The Morgan fingerprint density at radius 1 is 1.05 bits per heavy atom. The van der Waals surface area contributed by atoms with Gasteiger partial charge < -0.3 is 19.9 Å². The van der Waals surface area contributed by atoms with Gasteiger partial charge in [0.1, 0.15) is 11.9 Å². The fourth-order valence-electron chi connectivity index (χ4n) is 6.91. The Balaban J connectivity index is 0.000000389. The average Bonchev–Trinajstić information content (AvgIpc) is 2.98. The first kappa shape index (κ1) is 33.0. The minimum atomic E-state index is -0.715. The number of benzene rings is 1. The van der Waals surface area contributed by atoms with Crippen molar-refractivity contribution in [3.05, 3.63) is 35.6 Å². The third-order valence-electron chi connectivity index (χ3n) is 9.38. The molecule has 2 heterocycles. The Kier molecular flexibility index (Phi) is 13.1. The Labute approximate surface area is 246 Å². The highest BCUT2D eigenvalue weighted by atomic mass is 19.1. The molecule has 2 atom stereocenters. The van der Waals surface area contributed by atoms with Crippen LogP contribution in [0.15, 0.2) is 24.3 Å². The van der Waals surface area contributed by atoms with Gasteiger partial charge in [0.15, 0.2) is 0 Å². The van der Waals surface area contributed by atoms with Gasteiger partial charge >= 0.3 is 5.97 Å². The standard InChI is InChI=1S/C24H33FN2O4.C9H19N/c1-2-31-23(30)24(19-6-4-3-5-7-19)12-14-27(15-13-24)22(29)21(26-17-28)16-18-8-10-20(25)11-9-18;1-8(2)10-6-4-5-9(3)7-10/h8-11,17,19,21H,2-7,12-16H2,1H3,(H,26,28);8-9H,4-7H2,1-3H3/t21-;9-/m10/s1. The van der Waals surface area contributed by atoms with E-state index in [1.54, 1.807) is 17.0 Å². The predicted molar refractivity (Wildman–Crippen MR) is 160 cm³/mol. The summed E-state index contributed by atoms with van der Waals surface area (Å²) in [7, 11) is 0. The summed E-state index contributed by atoms with van der Waals surface area (Å²) in [6.45, 7) is 12.7. The first-order chi connectivity index (χ1) is 19.7. The molecular formula is C33H52FN3O4. The number of halogens is 1. The molecule has 1 N–H and O–H groups in total. The van der Waals surface area contributed by atoms with Gasteiger partial charge in [0.05, 0.1) is 12.0 Å². The zero-order chi connectivity index (χ0) is 29.8. The van der Waals surface area contributed by atoms with Crippen molar-refractivity contribution in [2.75, 3.05) is 32.8 Å². The largest absolute Gasteiger partial charge is 0.466 e. The van der Waals surface area contributed by atoms with Crippen molar-refractivity contribution in [3.63, 3.8) is 0 Å². The van der Waals surface area contributed by atoms with Crippen LogP contribution in [0.25, 0.3) is 0 Å². The average molecular weight is 574 g/mol. The van der Waals surface area contributed by atoms with Crippen LogP contribution in [-0.4, -0.2) is 73.0 Å². The van der Waals surface area contributed by atoms with Gasteiger partial charge in [-0.3, -0.25) is 14.4 Å². The summed E-state index contributed by atoms with van der Waals surface area (Å²) in [6.07, 6.45) is 10.4. The van der Waals surface area contributed by atoms with E-state index < -0.39 is 11.5 Å². The highest BCUT2D eigenvalue weighted by molar-refractivity contribution is 5.85. The van der Waals surface area contributed by atoms with E-state index in [4.69, 9.17) is 4.74 Å². The molecule has 0 spiro atoms. The van der Waals surface area contributed by atoms with Crippen LogP contribution in [0.4, 0.5) is 4.39 Å². The molecule has 3 aliphatic rings. The molecule has 1 aromatic carbocycles. The summed E-state index contributed by atoms with van der Waals surface area (Å²) in [6, 6.07) is 5.96. The van der Waals surface area contributed by atoms with Crippen molar-refractivity contribution in [3.8, 4) is 0 Å². The highest BCUT2D eigenvalue weighted by Crippen LogP contribution is 2.47. The van der Waals surface area contributed by atoms with Gasteiger partial charge in [0.25, 0.3) is 0 Å². The lowest BCUT2D eigenvalue weighted by Crippen LogP contribution is -2.55. The molecular weight excluding hydrogens is 521 g/mol. The summed E-state index contributed by atoms with van der Waals surface area (Å²) < 4.78 is 18.7. The number of esters is 1. The molecule has 0 unspecified atom stereocenters. The maximum atomic E-state index is 13.2. The van der Waals surface area contributed by atoms with Crippen LogP contribution in [-0.2, 0) is 25.5 Å². The molecule has 1 aromatic rings. The van der Waals surface area contributed by atoms with Crippen LogP contribution >= 0.6 is 0 Å². The highest BCUT2D eigenvalue weighted by Gasteiger charge is 2.49. The van der Waals surface area contributed by atoms with Crippen LogP contribution < -0.4 is 5.32 Å². The zero-order valence-electron chi connectivity index (χ0n) is 25.7. The predicted octanol–water partition coefficient (Wildman–Crippen LogP) is 5.36. The molecule has 230 valence electrons. The first-order valence-electron chi connectivity index (χ1n) is 15.8. The molecule has 2 aliphatic heterocycles. The molecule has 3 fully saturated rings. The number of nitrogens with zero attached hydrogens (tertiary/aromatic N) is 2. The third-order valence-corrected chi connectivity index (χ3v) is 9.38. The molecule has 2 amide bonds. The van der Waals surface area contributed by atoms with E-state index in [1.165, 1.54) is 44.5 Å². The Bertz CT molecular complexity index is 956. The smallest absolute Gasteiger partial charge is 0.312 e. The molecule has 2 saturated heterocycles.